The smallest absolute Gasteiger partial charge is 0.255 e. The fourth-order valence-corrected chi connectivity index (χ4v) is 1.30. The van der Waals surface area contributed by atoms with Crippen molar-refractivity contribution in [2.45, 2.75) is 24.9 Å². The van der Waals surface area contributed by atoms with Crippen LogP contribution in [0.5, 0.6) is 5.75 Å². The maximum atomic E-state index is 12.4. The number of hydrogen-bond acceptors (Lipinski definition) is 2. The van der Waals surface area contributed by atoms with Crippen LogP contribution in [0, 0.1) is 0 Å². The molecule has 0 radical (unpaired) electrons. The summed E-state index contributed by atoms with van der Waals surface area (Å²) in [6, 6.07) is 3.33. The lowest BCUT2D eigenvalue weighted by molar-refractivity contribution is -0.134. The van der Waals surface area contributed by atoms with Gasteiger partial charge in [0.25, 0.3) is 5.92 Å². The molecule has 1 aliphatic rings. The van der Waals surface area contributed by atoms with E-state index in [1.807, 2.05) is 0 Å². The summed E-state index contributed by atoms with van der Waals surface area (Å²) in [4.78, 5) is 3.80. The Bertz CT molecular complexity index is 281. The van der Waals surface area contributed by atoms with Crippen LogP contribution < -0.4 is 4.74 Å². The molecule has 1 aromatic rings. The van der Waals surface area contributed by atoms with E-state index >= 15 is 0 Å². The number of nitrogens with zero attached hydrogens (tertiary/aromatic N) is 1. The first-order chi connectivity index (χ1) is 6.16. The minimum Gasteiger partial charge on any atom is -0.490 e. The van der Waals surface area contributed by atoms with E-state index < -0.39 is 5.92 Å². The van der Waals surface area contributed by atoms with Gasteiger partial charge in [-0.1, -0.05) is 0 Å². The molecule has 0 saturated heterocycles. The molecule has 0 spiro atoms. The molecule has 1 saturated carbocycles. The SMILES string of the molecule is FC1(F)CC(Oc2ccncc2)C1. The van der Waals surface area contributed by atoms with E-state index in [0.717, 1.165) is 0 Å². The zero-order chi connectivity index (χ0) is 9.31. The summed E-state index contributed by atoms with van der Waals surface area (Å²) in [5.74, 6) is -1.91. The van der Waals surface area contributed by atoms with Gasteiger partial charge in [-0.2, -0.15) is 0 Å². The molecule has 0 N–H and O–H groups in total. The molecule has 70 valence electrons. The lowest BCUT2D eigenvalue weighted by Gasteiger charge is -2.34. The van der Waals surface area contributed by atoms with E-state index in [1.165, 1.54) is 0 Å². The van der Waals surface area contributed by atoms with E-state index in [2.05, 4.69) is 4.98 Å². The molecule has 1 heterocycles. The maximum Gasteiger partial charge on any atom is 0.255 e. The second-order valence-electron chi connectivity index (χ2n) is 3.19. The van der Waals surface area contributed by atoms with Gasteiger partial charge in [0.15, 0.2) is 0 Å². The monoisotopic (exact) mass is 185 g/mol. The van der Waals surface area contributed by atoms with Crippen LogP contribution in [0.15, 0.2) is 24.5 Å². The van der Waals surface area contributed by atoms with Crippen molar-refractivity contribution in [3.05, 3.63) is 24.5 Å². The quantitative estimate of drug-likeness (QED) is 0.705. The Labute approximate surface area is 74.5 Å². The summed E-state index contributed by atoms with van der Waals surface area (Å²) in [7, 11) is 0. The average molecular weight is 185 g/mol. The second-order valence-corrected chi connectivity index (χ2v) is 3.19. The molecule has 0 bridgehead atoms. The largest absolute Gasteiger partial charge is 0.490 e. The van der Waals surface area contributed by atoms with Gasteiger partial charge in [-0.05, 0) is 12.1 Å². The molecule has 0 amide bonds. The number of alkyl halides is 2. The Balaban J connectivity index is 1.88. The molecule has 1 fully saturated rings. The highest BCUT2D eigenvalue weighted by molar-refractivity contribution is 5.17. The molecule has 2 rings (SSSR count). The van der Waals surface area contributed by atoms with Gasteiger partial charge in [-0.3, -0.25) is 4.98 Å². The summed E-state index contributed by atoms with van der Waals surface area (Å²) in [5, 5.41) is 0. The standard InChI is InChI=1S/C9H9F2NO/c10-9(11)5-8(6-9)13-7-1-3-12-4-2-7/h1-4,8H,5-6H2. The zero-order valence-electron chi connectivity index (χ0n) is 6.91. The first-order valence-corrected chi connectivity index (χ1v) is 4.10. The van der Waals surface area contributed by atoms with Crippen LogP contribution in [0.3, 0.4) is 0 Å². The summed E-state index contributed by atoms with van der Waals surface area (Å²) >= 11 is 0. The Hall–Kier alpha value is -1.19. The van der Waals surface area contributed by atoms with E-state index in [0.29, 0.717) is 5.75 Å². The van der Waals surface area contributed by atoms with Gasteiger partial charge in [-0.25, -0.2) is 8.78 Å². The Morgan fingerprint density at radius 3 is 2.46 bits per heavy atom. The van der Waals surface area contributed by atoms with E-state index in [-0.39, 0.29) is 18.9 Å². The van der Waals surface area contributed by atoms with Crippen LogP contribution in [0.2, 0.25) is 0 Å². The lowest BCUT2D eigenvalue weighted by Crippen LogP contribution is -2.43. The predicted molar refractivity (Wildman–Crippen MR) is 42.8 cm³/mol. The molecule has 2 nitrogen and oxygen atoms in total. The number of pyridine rings is 1. The fourth-order valence-electron chi connectivity index (χ4n) is 1.30. The van der Waals surface area contributed by atoms with Crippen molar-refractivity contribution < 1.29 is 13.5 Å². The van der Waals surface area contributed by atoms with E-state index in [4.69, 9.17) is 4.74 Å². The van der Waals surface area contributed by atoms with Crippen molar-refractivity contribution in [1.29, 1.82) is 0 Å². The van der Waals surface area contributed by atoms with Crippen molar-refractivity contribution >= 4 is 0 Å². The molecule has 0 aliphatic heterocycles. The van der Waals surface area contributed by atoms with E-state index in [9.17, 15) is 8.78 Å². The van der Waals surface area contributed by atoms with Crippen molar-refractivity contribution in [3.63, 3.8) is 0 Å². The Kier molecular flexibility index (Phi) is 1.90. The summed E-state index contributed by atoms with van der Waals surface area (Å²) in [6.45, 7) is 0. The van der Waals surface area contributed by atoms with Crippen molar-refractivity contribution in [1.82, 2.24) is 4.98 Å². The fraction of sp³-hybridized carbons (Fsp3) is 0.444. The molecule has 0 atom stereocenters. The summed E-state index contributed by atoms with van der Waals surface area (Å²) in [5.41, 5.74) is 0. The normalized spacial score (nSPS) is 20.8. The minimum atomic E-state index is -2.52. The van der Waals surface area contributed by atoms with Crippen LogP contribution in [0.4, 0.5) is 8.78 Å². The number of halogens is 2. The minimum absolute atomic E-state index is 0.171. The maximum absolute atomic E-state index is 12.4. The Morgan fingerprint density at radius 1 is 1.31 bits per heavy atom. The summed E-state index contributed by atoms with van der Waals surface area (Å²) < 4.78 is 30.1. The molecule has 4 heteroatoms. The third kappa shape index (κ3) is 1.94. The second kappa shape index (κ2) is 2.94. The van der Waals surface area contributed by atoms with E-state index in [1.54, 1.807) is 24.5 Å². The van der Waals surface area contributed by atoms with Gasteiger partial charge in [0, 0.05) is 25.2 Å². The predicted octanol–water partition coefficient (Wildman–Crippen LogP) is 2.26. The molecular formula is C9H9F2NO. The van der Waals surface area contributed by atoms with Crippen LogP contribution >= 0.6 is 0 Å². The van der Waals surface area contributed by atoms with Crippen LogP contribution in [-0.2, 0) is 0 Å². The number of hydrogen-bond donors (Lipinski definition) is 0. The lowest BCUT2D eigenvalue weighted by atomic mass is 9.91. The molecule has 1 aliphatic carbocycles. The van der Waals surface area contributed by atoms with Crippen LogP contribution in [0.25, 0.3) is 0 Å². The molecular weight excluding hydrogens is 176 g/mol. The van der Waals surface area contributed by atoms with Gasteiger partial charge in [0.2, 0.25) is 0 Å². The highest BCUT2D eigenvalue weighted by atomic mass is 19.3. The molecule has 0 aromatic carbocycles. The van der Waals surface area contributed by atoms with Crippen molar-refractivity contribution in [2.75, 3.05) is 0 Å². The highest BCUT2D eigenvalue weighted by Crippen LogP contribution is 2.39. The average Bonchev–Trinajstić information content (AvgIpc) is 2.03. The third-order valence-electron chi connectivity index (χ3n) is 2.01. The van der Waals surface area contributed by atoms with Gasteiger partial charge in [0.1, 0.15) is 11.9 Å². The van der Waals surface area contributed by atoms with Gasteiger partial charge >= 0.3 is 0 Å². The first kappa shape index (κ1) is 8.41. The van der Waals surface area contributed by atoms with Crippen LogP contribution in [0.1, 0.15) is 12.8 Å². The first-order valence-electron chi connectivity index (χ1n) is 4.10. The number of aromatic nitrogens is 1. The molecule has 13 heavy (non-hydrogen) atoms. The third-order valence-corrected chi connectivity index (χ3v) is 2.01. The highest BCUT2D eigenvalue weighted by Gasteiger charge is 2.46. The number of rotatable bonds is 2. The van der Waals surface area contributed by atoms with Gasteiger partial charge in [-0.15, -0.1) is 0 Å². The molecule has 1 aromatic heterocycles. The van der Waals surface area contributed by atoms with Crippen molar-refractivity contribution in [3.8, 4) is 5.75 Å². The molecule has 0 unspecified atom stereocenters. The van der Waals surface area contributed by atoms with Crippen LogP contribution in [-0.4, -0.2) is 17.0 Å². The van der Waals surface area contributed by atoms with Gasteiger partial charge in [0.05, 0.1) is 0 Å². The Morgan fingerprint density at radius 2 is 1.92 bits per heavy atom. The zero-order valence-corrected chi connectivity index (χ0v) is 6.91. The number of ether oxygens (including phenoxy) is 1. The van der Waals surface area contributed by atoms with Gasteiger partial charge < -0.3 is 4.74 Å². The summed E-state index contributed by atoms with van der Waals surface area (Å²) in [6.07, 6.45) is 2.47. The topological polar surface area (TPSA) is 22.1 Å². The van der Waals surface area contributed by atoms with Crippen molar-refractivity contribution in [2.24, 2.45) is 0 Å².